The van der Waals surface area contributed by atoms with Crippen molar-refractivity contribution in [2.75, 3.05) is 14.2 Å². The molecule has 1 N–H and O–H groups in total. The van der Waals surface area contributed by atoms with Gasteiger partial charge >= 0.3 is 0 Å². The molecule has 1 aromatic heterocycles. The van der Waals surface area contributed by atoms with E-state index >= 15 is 0 Å². The van der Waals surface area contributed by atoms with E-state index in [2.05, 4.69) is 4.98 Å². The standard InChI is InChI=1S/C15H17N3O2/c1-11-9-18(10-17-11)13-6-4-12(8-14(13)19-2)5-7-15(16)20-3/h4-10,16H,1-3H3. The third-order valence-electron chi connectivity index (χ3n) is 2.84. The molecule has 0 radical (unpaired) electrons. The molecule has 0 fully saturated rings. The number of ether oxygens (including phenoxy) is 2. The van der Waals surface area contributed by atoms with E-state index in [9.17, 15) is 0 Å². The van der Waals surface area contributed by atoms with Gasteiger partial charge in [-0.3, -0.25) is 5.41 Å². The van der Waals surface area contributed by atoms with Crippen LogP contribution >= 0.6 is 0 Å². The summed E-state index contributed by atoms with van der Waals surface area (Å²) in [7, 11) is 3.10. The molecule has 5 nitrogen and oxygen atoms in total. The molecule has 5 heteroatoms. The normalized spacial score (nSPS) is 10.8. The molecule has 0 spiro atoms. The largest absolute Gasteiger partial charge is 0.495 e. The number of imidazole rings is 1. The van der Waals surface area contributed by atoms with E-state index in [1.54, 1.807) is 25.6 Å². The minimum absolute atomic E-state index is 0.110. The first-order valence-electron chi connectivity index (χ1n) is 6.13. The number of nitrogens with zero attached hydrogens (tertiary/aromatic N) is 2. The Morgan fingerprint density at radius 2 is 2.15 bits per heavy atom. The van der Waals surface area contributed by atoms with Gasteiger partial charge in [-0.25, -0.2) is 4.98 Å². The Morgan fingerprint density at radius 1 is 1.35 bits per heavy atom. The Morgan fingerprint density at radius 3 is 2.75 bits per heavy atom. The van der Waals surface area contributed by atoms with Crippen molar-refractivity contribution in [3.8, 4) is 11.4 Å². The monoisotopic (exact) mass is 271 g/mol. The van der Waals surface area contributed by atoms with Gasteiger partial charge in [-0.15, -0.1) is 0 Å². The predicted molar refractivity (Wildman–Crippen MR) is 78.6 cm³/mol. The number of rotatable bonds is 4. The molecule has 0 unspecified atom stereocenters. The van der Waals surface area contributed by atoms with Crippen molar-refractivity contribution in [3.63, 3.8) is 0 Å². The van der Waals surface area contributed by atoms with Crippen LogP contribution < -0.4 is 4.74 Å². The van der Waals surface area contributed by atoms with Crippen LogP contribution in [0, 0.1) is 12.3 Å². The van der Waals surface area contributed by atoms with Gasteiger partial charge in [0.05, 0.1) is 31.9 Å². The van der Waals surface area contributed by atoms with E-state index in [-0.39, 0.29) is 5.90 Å². The van der Waals surface area contributed by atoms with E-state index in [1.807, 2.05) is 35.9 Å². The first-order chi connectivity index (χ1) is 9.63. The summed E-state index contributed by atoms with van der Waals surface area (Å²) >= 11 is 0. The molecular weight excluding hydrogens is 254 g/mol. The summed E-state index contributed by atoms with van der Waals surface area (Å²) in [6.45, 7) is 1.94. The Bertz CT molecular complexity index is 644. The highest BCUT2D eigenvalue weighted by Crippen LogP contribution is 2.25. The van der Waals surface area contributed by atoms with Gasteiger partial charge in [0.2, 0.25) is 5.90 Å². The van der Waals surface area contributed by atoms with Gasteiger partial charge in [-0.1, -0.05) is 6.07 Å². The van der Waals surface area contributed by atoms with E-state index in [0.29, 0.717) is 0 Å². The molecule has 1 heterocycles. The minimum Gasteiger partial charge on any atom is -0.495 e. The Kier molecular flexibility index (Phi) is 4.20. The average molecular weight is 271 g/mol. The molecule has 0 atom stereocenters. The fourth-order valence-electron chi connectivity index (χ4n) is 1.80. The highest BCUT2D eigenvalue weighted by atomic mass is 16.5. The smallest absolute Gasteiger partial charge is 0.205 e. The summed E-state index contributed by atoms with van der Waals surface area (Å²) in [5.74, 6) is 0.853. The van der Waals surface area contributed by atoms with E-state index in [4.69, 9.17) is 14.9 Å². The predicted octanol–water partition coefficient (Wildman–Crippen LogP) is 2.83. The average Bonchev–Trinajstić information content (AvgIpc) is 2.90. The van der Waals surface area contributed by atoms with E-state index in [1.165, 1.54) is 7.11 Å². The summed E-state index contributed by atoms with van der Waals surface area (Å²) in [5, 5.41) is 7.41. The summed E-state index contributed by atoms with van der Waals surface area (Å²) in [6.07, 6.45) is 7.09. The van der Waals surface area contributed by atoms with Crippen LogP contribution in [-0.4, -0.2) is 29.7 Å². The minimum atomic E-state index is 0.110. The van der Waals surface area contributed by atoms with Crippen molar-refractivity contribution >= 4 is 12.0 Å². The molecular formula is C15H17N3O2. The molecule has 1 aromatic carbocycles. The molecule has 0 saturated heterocycles. The van der Waals surface area contributed by atoms with Crippen LogP contribution in [0.4, 0.5) is 0 Å². The number of aryl methyl sites for hydroxylation is 1. The molecule has 20 heavy (non-hydrogen) atoms. The second-order valence-corrected chi connectivity index (χ2v) is 4.26. The van der Waals surface area contributed by atoms with Gasteiger partial charge in [0.1, 0.15) is 5.75 Å². The SMILES string of the molecule is COC(=N)C=Cc1ccc(-n2cnc(C)c2)c(OC)c1. The highest BCUT2D eigenvalue weighted by Gasteiger charge is 2.06. The van der Waals surface area contributed by atoms with Gasteiger partial charge < -0.3 is 14.0 Å². The Labute approximate surface area is 118 Å². The topological polar surface area (TPSA) is 60.1 Å². The fraction of sp³-hybridized carbons (Fsp3) is 0.200. The maximum absolute atomic E-state index is 7.41. The zero-order valence-corrected chi connectivity index (χ0v) is 11.8. The molecule has 104 valence electrons. The van der Waals surface area contributed by atoms with Gasteiger partial charge in [0, 0.05) is 12.3 Å². The summed E-state index contributed by atoms with van der Waals surface area (Å²) < 4.78 is 12.1. The van der Waals surface area contributed by atoms with Crippen molar-refractivity contribution < 1.29 is 9.47 Å². The quantitative estimate of drug-likeness (QED) is 0.687. The number of methoxy groups -OCH3 is 2. The number of hydrogen-bond donors (Lipinski definition) is 1. The lowest BCUT2D eigenvalue weighted by Gasteiger charge is -2.09. The molecule has 2 rings (SSSR count). The number of aromatic nitrogens is 2. The lowest BCUT2D eigenvalue weighted by molar-refractivity contribution is 0.403. The highest BCUT2D eigenvalue weighted by molar-refractivity contribution is 5.89. The number of hydrogen-bond acceptors (Lipinski definition) is 4. The maximum atomic E-state index is 7.41. The molecule has 2 aromatic rings. The third-order valence-corrected chi connectivity index (χ3v) is 2.84. The third kappa shape index (κ3) is 3.06. The van der Waals surface area contributed by atoms with Crippen LogP contribution in [0.3, 0.4) is 0 Å². The number of benzene rings is 1. The first kappa shape index (κ1) is 13.9. The molecule has 0 aliphatic rings. The summed E-state index contributed by atoms with van der Waals surface area (Å²) in [5.41, 5.74) is 2.81. The van der Waals surface area contributed by atoms with Crippen LogP contribution in [0.1, 0.15) is 11.3 Å². The van der Waals surface area contributed by atoms with Crippen molar-refractivity contribution in [2.45, 2.75) is 6.92 Å². The van der Waals surface area contributed by atoms with Crippen molar-refractivity contribution in [2.24, 2.45) is 0 Å². The van der Waals surface area contributed by atoms with E-state index < -0.39 is 0 Å². The van der Waals surface area contributed by atoms with Crippen LogP contribution in [0.25, 0.3) is 11.8 Å². The van der Waals surface area contributed by atoms with Crippen molar-refractivity contribution in [1.82, 2.24) is 9.55 Å². The van der Waals surface area contributed by atoms with Gasteiger partial charge in [-0.2, -0.15) is 0 Å². The molecule has 0 saturated carbocycles. The second-order valence-electron chi connectivity index (χ2n) is 4.26. The summed E-state index contributed by atoms with van der Waals surface area (Å²) in [6, 6.07) is 5.81. The second kappa shape index (κ2) is 6.06. The molecule has 0 amide bonds. The van der Waals surface area contributed by atoms with E-state index in [0.717, 1.165) is 22.7 Å². The van der Waals surface area contributed by atoms with Crippen LogP contribution in [0.15, 0.2) is 36.8 Å². The van der Waals surface area contributed by atoms with Gasteiger partial charge in [0.25, 0.3) is 0 Å². The maximum Gasteiger partial charge on any atom is 0.205 e. The van der Waals surface area contributed by atoms with Crippen molar-refractivity contribution in [1.29, 1.82) is 5.41 Å². The van der Waals surface area contributed by atoms with Gasteiger partial charge in [0.15, 0.2) is 0 Å². The molecule has 0 aliphatic heterocycles. The molecule has 0 aliphatic carbocycles. The fourth-order valence-corrected chi connectivity index (χ4v) is 1.80. The van der Waals surface area contributed by atoms with Crippen LogP contribution in [0.5, 0.6) is 5.75 Å². The van der Waals surface area contributed by atoms with Crippen LogP contribution in [0.2, 0.25) is 0 Å². The van der Waals surface area contributed by atoms with Gasteiger partial charge in [-0.05, 0) is 30.7 Å². The summed E-state index contributed by atoms with van der Waals surface area (Å²) in [4.78, 5) is 4.21. The lowest BCUT2D eigenvalue weighted by atomic mass is 10.1. The van der Waals surface area contributed by atoms with Crippen LogP contribution in [-0.2, 0) is 4.74 Å². The first-order valence-corrected chi connectivity index (χ1v) is 6.13. The zero-order valence-electron chi connectivity index (χ0n) is 11.8. The zero-order chi connectivity index (χ0) is 14.5. The van der Waals surface area contributed by atoms with Crippen molar-refractivity contribution in [3.05, 3.63) is 48.1 Å². The Hall–Kier alpha value is -2.56. The number of nitrogens with one attached hydrogen (secondary N) is 1. The Balaban J connectivity index is 2.33. The molecule has 0 bridgehead atoms. The lowest BCUT2D eigenvalue weighted by Crippen LogP contribution is -1.96.